The lowest BCUT2D eigenvalue weighted by Crippen LogP contribution is -2.12. The van der Waals surface area contributed by atoms with Crippen molar-refractivity contribution in [2.45, 2.75) is 11.8 Å². The Morgan fingerprint density at radius 2 is 1.76 bits per heavy atom. The molecule has 0 unspecified atom stereocenters. The Morgan fingerprint density at radius 3 is 2.35 bits per heavy atom. The lowest BCUT2D eigenvalue weighted by atomic mass is 10.2. The normalized spacial score (nSPS) is 11.6. The second-order valence-electron chi connectivity index (χ2n) is 3.39. The fourth-order valence-corrected chi connectivity index (χ4v) is 2.34. The van der Waals surface area contributed by atoms with Gasteiger partial charge in [0.1, 0.15) is 0 Å². The van der Waals surface area contributed by atoms with Crippen LogP contribution in [0, 0.1) is 6.92 Å². The fourth-order valence-electron chi connectivity index (χ4n) is 1.13. The van der Waals surface area contributed by atoms with Gasteiger partial charge in [-0.25, -0.2) is 0 Å². The van der Waals surface area contributed by atoms with E-state index >= 15 is 0 Å². The van der Waals surface area contributed by atoms with Crippen molar-refractivity contribution < 1.29 is 17.3 Å². The predicted molar refractivity (Wildman–Crippen MR) is 74.0 cm³/mol. The van der Waals surface area contributed by atoms with Crippen LogP contribution in [0.4, 0.5) is 0 Å². The molecule has 0 bridgehead atoms. The highest BCUT2D eigenvalue weighted by Crippen LogP contribution is 2.12. The van der Waals surface area contributed by atoms with E-state index in [-0.39, 0.29) is 18.1 Å². The molecule has 0 aliphatic rings. The molecule has 1 aromatic rings. The van der Waals surface area contributed by atoms with Gasteiger partial charge in [0.25, 0.3) is 10.1 Å². The highest BCUT2D eigenvalue weighted by atomic mass is 127. The Morgan fingerprint density at radius 1 is 1.12 bits per heavy atom. The van der Waals surface area contributed by atoms with E-state index in [9.17, 15) is 8.42 Å². The van der Waals surface area contributed by atoms with Crippen molar-refractivity contribution in [2.24, 2.45) is 0 Å². The number of halogens is 1. The van der Waals surface area contributed by atoms with Crippen LogP contribution in [-0.2, 0) is 19.0 Å². The molecule has 4 nitrogen and oxygen atoms in total. The lowest BCUT2D eigenvalue weighted by molar-refractivity contribution is 0.115. The molecule has 0 amide bonds. The quantitative estimate of drug-likeness (QED) is 0.320. The summed E-state index contributed by atoms with van der Waals surface area (Å²) in [6, 6.07) is 6.55. The number of hydrogen-bond acceptors (Lipinski definition) is 4. The molecule has 1 aromatic carbocycles. The summed E-state index contributed by atoms with van der Waals surface area (Å²) >= 11 is 2.18. The summed E-state index contributed by atoms with van der Waals surface area (Å²) in [6.07, 6.45) is 0. The molecule has 0 spiro atoms. The zero-order valence-corrected chi connectivity index (χ0v) is 12.5. The van der Waals surface area contributed by atoms with E-state index < -0.39 is 10.1 Å². The molecule has 0 aromatic heterocycles. The minimum absolute atomic E-state index is 0.0485. The van der Waals surface area contributed by atoms with Crippen LogP contribution in [0.3, 0.4) is 0 Å². The standard InChI is InChI=1S/C11H15IO4S/c1-10-2-4-11(5-3-10)17(13,14)16-9-8-15-7-6-12/h2-5H,6-9H2,1H3. The summed E-state index contributed by atoms with van der Waals surface area (Å²) in [5.74, 6) is 0. The van der Waals surface area contributed by atoms with Gasteiger partial charge in [-0.05, 0) is 19.1 Å². The smallest absolute Gasteiger partial charge is 0.297 e. The second-order valence-corrected chi connectivity index (χ2v) is 6.08. The van der Waals surface area contributed by atoms with Gasteiger partial charge >= 0.3 is 0 Å². The Kier molecular flexibility index (Phi) is 6.39. The predicted octanol–water partition coefficient (Wildman–Crippen LogP) is 2.15. The number of rotatable bonds is 7. The molecule has 0 saturated carbocycles. The van der Waals surface area contributed by atoms with Gasteiger partial charge in [-0.1, -0.05) is 40.3 Å². The van der Waals surface area contributed by atoms with Crippen molar-refractivity contribution in [1.29, 1.82) is 0 Å². The summed E-state index contributed by atoms with van der Waals surface area (Å²) in [4.78, 5) is 0.178. The number of ether oxygens (including phenoxy) is 1. The van der Waals surface area contributed by atoms with Crippen molar-refractivity contribution in [2.75, 3.05) is 24.2 Å². The minimum Gasteiger partial charge on any atom is -0.378 e. The lowest BCUT2D eigenvalue weighted by Gasteiger charge is -2.06. The van der Waals surface area contributed by atoms with E-state index in [4.69, 9.17) is 8.92 Å². The van der Waals surface area contributed by atoms with E-state index in [0.29, 0.717) is 6.61 Å². The van der Waals surface area contributed by atoms with Crippen LogP contribution in [0.25, 0.3) is 0 Å². The number of benzene rings is 1. The molecule has 0 heterocycles. The monoisotopic (exact) mass is 370 g/mol. The largest absolute Gasteiger partial charge is 0.378 e. The molecule has 0 aliphatic carbocycles. The van der Waals surface area contributed by atoms with Crippen molar-refractivity contribution in [3.63, 3.8) is 0 Å². The van der Waals surface area contributed by atoms with Crippen LogP contribution in [0.5, 0.6) is 0 Å². The fraction of sp³-hybridized carbons (Fsp3) is 0.455. The van der Waals surface area contributed by atoms with Gasteiger partial charge in [0, 0.05) is 4.43 Å². The average molecular weight is 370 g/mol. The molecule has 17 heavy (non-hydrogen) atoms. The molecule has 0 N–H and O–H groups in total. The van der Waals surface area contributed by atoms with Gasteiger partial charge in [0.2, 0.25) is 0 Å². The van der Waals surface area contributed by atoms with E-state index in [1.165, 1.54) is 12.1 Å². The molecule has 6 heteroatoms. The first kappa shape index (κ1) is 14.9. The molecule has 0 radical (unpaired) electrons. The van der Waals surface area contributed by atoms with Gasteiger partial charge in [0.05, 0.1) is 24.7 Å². The number of alkyl halides is 1. The molecule has 0 saturated heterocycles. The Hall–Kier alpha value is -0.180. The van der Waals surface area contributed by atoms with Crippen molar-refractivity contribution >= 4 is 32.7 Å². The van der Waals surface area contributed by atoms with Crippen LogP contribution in [0.2, 0.25) is 0 Å². The molecule has 0 aliphatic heterocycles. The topological polar surface area (TPSA) is 52.6 Å². The summed E-state index contributed by atoms with van der Waals surface area (Å²) in [6.45, 7) is 2.84. The first-order valence-electron chi connectivity index (χ1n) is 5.16. The number of hydrogen-bond donors (Lipinski definition) is 0. The Bertz CT molecular complexity index is 427. The molecular formula is C11H15IO4S. The maximum atomic E-state index is 11.7. The highest BCUT2D eigenvalue weighted by Gasteiger charge is 2.14. The van der Waals surface area contributed by atoms with Crippen LogP contribution < -0.4 is 0 Å². The summed E-state index contributed by atoms with van der Waals surface area (Å²) in [5, 5.41) is 0. The van der Waals surface area contributed by atoms with Crippen molar-refractivity contribution in [3.05, 3.63) is 29.8 Å². The first-order chi connectivity index (χ1) is 8.06. The highest BCUT2D eigenvalue weighted by molar-refractivity contribution is 14.1. The maximum absolute atomic E-state index is 11.7. The van der Waals surface area contributed by atoms with Gasteiger partial charge in [-0.15, -0.1) is 0 Å². The number of aryl methyl sites for hydroxylation is 1. The third-order valence-corrected chi connectivity index (χ3v) is 3.76. The van der Waals surface area contributed by atoms with Crippen LogP contribution in [-0.4, -0.2) is 32.7 Å². The molecule has 96 valence electrons. The Labute approximate surface area is 116 Å². The average Bonchev–Trinajstić information content (AvgIpc) is 2.29. The van der Waals surface area contributed by atoms with E-state index in [1.807, 2.05) is 6.92 Å². The third-order valence-electron chi connectivity index (χ3n) is 2.00. The second kappa shape index (κ2) is 7.30. The van der Waals surface area contributed by atoms with E-state index in [1.54, 1.807) is 12.1 Å². The van der Waals surface area contributed by atoms with E-state index in [0.717, 1.165) is 9.99 Å². The Balaban J connectivity index is 2.48. The zero-order chi connectivity index (χ0) is 12.7. The summed E-state index contributed by atoms with van der Waals surface area (Å²) < 4.78 is 34.3. The first-order valence-corrected chi connectivity index (χ1v) is 8.09. The van der Waals surface area contributed by atoms with Crippen LogP contribution in [0.1, 0.15) is 5.56 Å². The maximum Gasteiger partial charge on any atom is 0.297 e. The molecule has 0 atom stereocenters. The summed E-state index contributed by atoms with van der Waals surface area (Å²) in [5.41, 5.74) is 1.01. The zero-order valence-electron chi connectivity index (χ0n) is 9.56. The van der Waals surface area contributed by atoms with Crippen molar-refractivity contribution in [3.8, 4) is 0 Å². The SMILES string of the molecule is Cc1ccc(S(=O)(=O)OCCOCCI)cc1. The van der Waals surface area contributed by atoms with E-state index in [2.05, 4.69) is 22.6 Å². The van der Waals surface area contributed by atoms with Gasteiger partial charge in [-0.3, -0.25) is 4.18 Å². The minimum atomic E-state index is -3.65. The molecule has 0 fully saturated rings. The molecular weight excluding hydrogens is 355 g/mol. The van der Waals surface area contributed by atoms with Gasteiger partial charge < -0.3 is 4.74 Å². The molecule has 1 rings (SSSR count). The van der Waals surface area contributed by atoms with Crippen LogP contribution >= 0.6 is 22.6 Å². The van der Waals surface area contributed by atoms with Crippen LogP contribution in [0.15, 0.2) is 29.2 Å². The van der Waals surface area contributed by atoms with Gasteiger partial charge in [-0.2, -0.15) is 8.42 Å². The third kappa shape index (κ3) is 5.33. The van der Waals surface area contributed by atoms with Gasteiger partial charge in [0.15, 0.2) is 0 Å². The summed E-state index contributed by atoms with van der Waals surface area (Å²) in [7, 11) is -3.65. The van der Waals surface area contributed by atoms with Crippen molar-refractivity contribution in [1.82, 2.24) is 0 Å².